The van der Waals surface area contributed by atoms with E-state index >= 15 is 0 Å². The Hall–Kier alpha value is -0.540. The summed E-state index contributed by atoms with van der Waals surface area (Å²) in [6.07, 6.45) is 0. The van der Waals surface area contributed by atoms with Crippen molar-refractivity contribution in [1.82, 2.24) is 0 Å². The van der Waals surface area contributed by atoms with Crippen LogP contribution < -0.4 is 0 Å². The summed E-state index contributed by atoms with van der Waals surface area (Å²) in [6, 6.07) is 14.4. The highest BCUT2D eigenvalue weighted by atomic mass is 35.6. The van der Waals surface area contributed by atoms with Crippen LogP contribution in [0.3, 0.4) is 0 Å². The van der Waals surface area contributed by atoms with Crippen molar-refractivity contribution >= 4 is 46.6 Å². The molecule has 0 saturated carbocycles. The molecule has 0 aliphatic carbocycles. The molecule has 0 unspecified atom stereocenters. The predicted octanol–water partition coefficient (Wildman–Crippen LogP) is 5.37. The molecule has 5 heteroatoms. The largest absolute Gasteiger partial charge is 0.508 e. The minimum atomic E-state index is -1.39. The summed E-state index contributed by atoms with van der Waals surface area (Å²) in [5.41, 5.74) is 0.641. The second-order valence-corrected chi connectivity index (χ2v) is 7.05. The van der Waals surface area contributed by atoms with E-state index in [9.17, 15) is 5.11 Å². The second kappa shape index (κ2) is 5.62. The molecule has 0 aliphatic heterocycles. The van der Waals surface area contributed by atoms with E-state index in [1.54, 1.807) is 36.0 Å². The molecule has 0 amide bonds. The smallest absolute Gasteiger partial charge is 0.216 e. The molecule has 0 aliphatic rings. The van der Waals surface area contributed by atoms with Gasteiger partial charge in [0.1, 0.15) is 5.75 Å². The molecule has 0 fully saturated rings. The number of phenolic OH excluding ortho intramolecular Hbond substituents is 1. The van der Waals surface area contributed by atoms with Crippen molar-refractivity contribution in [3.05, 3.63) is 54.1 Å². The van der Waals surface area contributed by atoms with Crippen LogP contribution in [0.25, 0.3) is 0 Å². The van der Waals surface area contributed by atoms with E-state index in [4.69, 9.17) is 34.8 Å². The summed E-state index contributed by atoms with van der Waals surface area (Å²) in [6.45, 7) is 0. The summed E-state index contributed by atoms with van der Waals surface area (Å²) < 4.78 is -1.39. The minimum absolute atomic E-state index is 0.255. The molecular formula is C13H9Cl3OS. The van der Waals surface area contributed by atoms with Gasteiger partial charge in [-0.25, -0.2) is 0 Å². The van der Waals surface area contributed by atoms with Crippen LogP contribution in [-0.2, 0) is 3.79 Å². The van der Waals surface area contributed by atoms with Crippen molar-refractivity contribution in [2.24, 2.45) is 0 Å². The molecule has 2 rings (SSSR count). The highest BCUT2D eigenvalue weighted by Gasteiger charge is 2.22. The van der Waals surface area contributed by atoms with Crippen molar-refractivity contribution in [3.63, 3.8) is 0 Å². The van der Waals surface area contributed by atoms with Crippen LogP contribution in [0.2, 0.25) is 0 Å². The Morgan fingerprint density at radius 2 is 1.22 bits per heavy atom. The maximum absolute atomic E-state index is 9.20. The second-order valence-electron chi connectivity index (χ2n) is 3.62. The van der Waals surface area contributed by atoms with Crippen LogP contribution >= 0.6 is 46.6 Å². The molecule has 0 atom stereocenters. The topological polar surface area (TPSA) is 20.2 Å². The van der Waals surface area contributed by atoms with Crippen LogP contribution in [0.4, 0.5) is 0 Å². The third-order valence-electron chi connectivity index (χ3n) is 2.25. The van der Waals surface area contributed by atoms with Crippen LogP contribution in [0.15, 0.2) is 58.3 Å². The van der Waals surface area contributed by atoms with Crippen molar-refractivity contribution < 1.29 is 5.11 Å². The fraction of sp³-hybridized carbons (Fsp3) is 0.0769. The van der Waals surface area contributed by atoms with E-state index in [-0.39, 0.29) is 5.75 Å². The fourth-order valence-electron chi connectivity index (χ4n) is 1.36. The maximum atomic E-state index is 9.20. The van der Waals surface area contributed by atoms with Gasteiger partial charge in [-0.3, -0.25) is 0 Å². The van der Waals surface area contributed by atoms with E-state index in [1.807, 2.05) is 24.3 Å². The number of alkyl halides is 3. The summed E-state index contributed by atoms with van der Waals surface area (Å²) in [4.78, 5) is 2.08. The summed E-state index contributed by atoms with van der Waals surface area (Å²) in [5.74, 6) is 0.255. The Balaban J connectivity index is 2.13. The average molecular weight is 320 g/mol. The first kappa shape index (κ1) is 13.9. The number of halogens is 3. The summed E-state index contributed by atoms with van der Waals surface area (Å²) in [7, 11) is 0. The predicted molar refractivity (Wildman–Crippen MR) is 77.9 cm³/mol. The molecule has 18 heavy (non-hydrogen) atoms. The molecule has 1 N–H and O–H groups in total. The average Bonchev–Trinajstić information content (AvgIpc) is 2.32. The van der Waals surface area contributed by atoms with E-state index in [1.165, 1.54) is 0 Å². The van der Waals surface area contributed by atoms with Gasteiger partial charge in [0.25, 0.3) is 0 Å². The Labute approximate surface area is 125 Å². The van der Waals surface area contributed by atoms with Crippen molar-refractivity contribution in [2.75, 3.05) is 0 Å². The number of hydrogen-bond donors (Lipinski definition) is 1. The van der Waals surface area contributed by atoms with Crippen LogP contribution in [-0.4, -0.2) is 5.11 Å². The number of benzene rings is 2. The van der Waals surface area contributed by atoms with Crippen molar-refractivity contribution in [3.8, 4) is 5.75 Å². The van der Waals surface area contributed by atoms with Crippen molar-refractivity contribution in [2.45, 2.75) is 13.6 Å². The molecule has 0 heterocycles. The first-order valence-electron chi connectivity index (χ1n) is 5.09. The normalized spacial score (nSPS) is 11.5. The van der Waals surface area contributed by atoms with Gasteiger partial charge in [0.2, 0.25) is 3.79 Å². The van der Waals surface area contributed by atoms with Gasteiger partial charge in [-0.05, 0) is 36.4 Å². The molecule has 94 valence electrons. The molecule has 2 aromatic rings. The molecule has 1 nitrogen and oxygen atoms in total. The van der Waals surface area contributed by atoms with Gasteiger partial charge in [-0.1, -0.05) is 58.7 Å². The quantitative estimate of drug-likeness (QED) is 0.751. The third kappa shape index (κ3) is 3.72. The van der Waals surface area contributed by atoms with Gasteiger partial charge in [0.15, 0.2) is 0 Å². The standard InChI is InChI=1S/C13H9Cl3OS/c14-13(15,16)9-1-5-11(6-2-9)18-12-7-3-10(17)4-8-12/h1-8,17H. The first-order chi connectivity index (χ1) is 8.45. The zero-order chi connectivity index (χ0) is 13.2. The lowest BCUT2D eigenvalue weighted by atomic mass is 10.2. The van der Waals surface area contributed by atoms with E-state index in [0.29, 0.717) is 5.56 Å². The number of aromatic hydroxyl groups is 1. The van der Waals surface area contributed by atoms with Crippen molar-refractivity contribution in [1.29, 1.82) is 0 Å². The Morgan fingerprint density at radius 3 is 1.67 bits per heavy atom. The minimum Gasteiger partial charge on any atom is -0.508 e. The third-order valence-corrected chi connectivity index (χ3v) is 3.92. The zero-order valence-electron chi connectivity index (χ0n) is 9.11. The van der Waals surface area contributed by atoms with Crippen LogP contribution in [0.1, 0.15) is 5.56 Å². The maximum Gasteiger partial charge on any atom is 0.216 e. The number of phenols is 1. The van der Waals surface area contributed by atoms with Gasteiger partial charge < -0.3 is 5.11 Å². The molecule has 0 spiro atoms. The summed E-state index contributed by atoms with van der Waals surface area (Å²) in [5, 5.41) is 9.20. The number of rotatable bonds is 2. The number of hydrogen-bond acceptors (Lipinski definition) is 2. The van der Waals surface area contributed by atoms with Gasteiger partial charge in [0.05, 0.1) is 0 Å². The lowest BCUT2D eigenvalue weighted by molar-refractivity contribution is 0.475. The van der Waals surface area contributed by atoms with E-state index in [0.717, 1.165) is 9.79 Å². The highest BCUT2D eigenvalue weighted by molar-refractivity contribution is 7.99. The van der Waals surface area contributed by atoms with Gasteiger partial charge in [0, 0.05) is 15.4 Å². The molecule has 2 aromatic carbocycles. The lowest BCUT2D eigenvalue weighted by Crippen LogP contribution is -1.98. The lowest BCUT2D eigenvalue weighted by Gasteiger charge is -2.11. The SMILES string of the molecule is Oc1ccc(Sc2ccc(C(Cl)(Cl)Cl)cc2)cc1. The summed E-state index contributed by atoms with van der Waals surface area (Å²) >= 11 is 18.9. The Morgan fingerprint density at radius 1 is 0.778 bits per heavy atom. The monoisotopic (exact) mass is 318 g/mol. The Kier molecular flexibility index (Phi) is 4.33. The van der Waals surface area contributed by atoms with Crippen LogP contribution in [0, 0.1) is 0 Å². The molecular weight excluding hydrogens is 311 g/mol. The van der Waals surface area contributed by atoms with Gasteiger partial charge in [-0.2, -0.15) is 0 Å². The fourth-order valence-corrected chi connectivity index (χ4v) is 2.56. The van der Waals surface area contributed by atoms with E-state index in [2.05, 4.69) is 0 Å². The zero-order valence-corrected chi connectivity index (χ0v) is 12.2. The van der Waals surface area contributed by atoms with E-state index < -0.39 is 3.79 Å². The first-order valence-corrected chi connectivity index (χ1v) is 7.04. The molecule has 0 bridgehead atoms. The van der Waals surface area contributed by atoms with Gasteiger partial charge in [-0.15, -0.1) is 0 Å². The molecule has 0 radical (unpaired) electrons. The van der Waals surface area contributed by atoms with Crippen LogP contribution in [0.5, 0.6) is 5.75 Å². The highest BCUT2D eigenvalue weighted by Crippen LogP contribution is 2.39. The Bertz CT molecular complexity index is 517. The van der Waals surface area contributed by atoms with Gasteiger partial charge >= 0.3 is 0 Å². The molecule has 0 saturated heterocycles. The molecule has 0 aromatic heterocycles.